The lowest BCUT2D eigenvalue weighted by atomic mass is 9.85. The van der Waals surface area contributed by atoms with Crippen molar-refractivity contribution >= 4 is 28.1 Å². The van der Waals surface area contributed by atoms with Crippen LogP contribution in [-0.4, -0.2) is 25.9 Å². The zero-order valence-corrected chi connectivity index (χ0v) is 14.5. The molecular formula is C14H22ClN3O4S. The summed E-state index contributed by atoms with van der Waals surface area (Å²) in [4.78, 5) is 10.3. The molecule has 0 bridgehead atoms. The predicted octanol–water partition coefficient (Wildman–Crippen LogP) is 2.12. The van der Waals surface area contributed by atoms with Crippen LogP contribution in [0.2, 0.25) is 0 Å². The Morgan fingerprint density at radius 2 is 2.00 bits per heavy atom. The second-order valence-electron chi connectivity index (χ2n) is 5.71. The Morgan fingerprint density at radius 1 is 1.35 bits per heavy atom. The molecular weight excluding hydrogens is 342 g/mol. The summed E-state index contributed by atoms with van der Waals surface area (Å²) in [5, 5.41) is 11.0. The number of nitrogens with one attached hydrogen (secondary N) is 1. The van der Waals surface area contributed by atoms with Gasteiger partial charge in [0, 0.05) is 17.7 Å². The fourth-order valence-electron chi connectivity index (χ4n) is 2.87. The highest BCUT2D eigenvalue weighted by Crippen LogP contribution is 2.27. The van der Waals surface area contributed by atoms with Crippen LogP contribution in [0.3, 0.4) is 0 Å². The van der Waals surface area contributed by atoms with Gasteiger partial charge in [-0.1, -0.05) is 18.9 Å². The van der Waals surface area contributed by atoms with E-state index in [-0.39, 0.29) is 34.9 Å². The monoisotopic (exact) mass is 363 g/mol. The molecule has 1 aromatic rings. The first-order chi connectivity index (χ1) is 10.3. The Morgan fingerprint density at radius 3 is 2.61 bits per heavy atom. The Balaban J connectivity index is 0.00000264. The minimum absolute atomic E-state index is 0. The Hall–Kier alpha value is -1.22. The third kappa shape index (κ3) is 4.63. The Bertz CT molecular complexity index is 666. The van der Waals surface area contributed by atoms with E-state index in [2.05, 4.69) is 4.72 Å². The topological polar surface area (TPSA) is 115 Å². The van der Waals surface area contributed by atoms with E-state index in [0.717, 1.165) is 31.7 Å². The smallest absolute Gasteiger partial charge is 0.273 e. The molecule has 2 unspecified atom stereocenters. The van der Waals surface area contributed by atoms with Gasteiger partial charge in [0.15, 0.2) is 0 Å². The standard InChI is InChI=1S/C14H21N3O4S.ClH/c1-10-6-7-12(8-14(10)17(18)19)22(20,21)16-13-5-3-2-4-11(13)9-15;/h6-8,11,13,16H,2-5,9,15H2,1H3;1H. The van der Waals surface area contributed by atoms with E-state index in [1.54, 1.807) is 6.92 Å². The fraction of sp³-hybridized carbons (Fsp3) is 0.571. The summed E-state index contributed by atoms with van der Waals surface area (Å²) in [6.45, 7) is 2.01. The molecule has 23 heavy (non-hydrogen) atoms. The summed E-state index contributed by atoms with van der Waals surface area (Å²) in [5.74, 6) is 0.115. The van der Waals surface area contributed by atoms with Crippen LogP contribution in [-0.2, 0) is 10.0 Å². The minimum atomic E-state index is -3.79. The summed E-state index contributed by atoms with van der Waals surface area (Å²) in [6.07, 6.45) is 3.65. The number of aryl methyl sites for hydroxylation is 1. The van der Waals surface area contributed by atoms with Crippen molar-refractivity contribution in [1.29, 1.82) is 0 Å². The molecule has 0 saturated heterocycles. The van der Waals surface area contributed by atoms with Gasteiger partial charge < -0.3 is 5.73 Å². The number of nitrogens with two attached hydrogens (primary N) is 1. The van der Waals surface area contributed by atoms with Crippen molar-refractivity contribution in [2.75, 3.05) is 6.54 Å². The molecule has 7 nitrogen and oxygen atoms in total. The molecule has 1 aliphatic carbocycles. The first-order valence-corrected chi connectivity index (χ1v) is 8.81. The number of rotatable bonds is 5. The van der Waals surface area contributed by atoms with Crippen molar-refractivity contribution in [1.82, 2.24) is 4.72 Å². The van der Waals surface area contributed by atoms with Gasteiger partial charge in [-0.25, -0.2) is 13.1 Å². The van der Waals surface area contributed by atoms with Crippen molar-refractivity contribution in [2.45, 2.75) is 43.5 Å². The third-order valence-electron chi connectivity index (χ3n) is 4.21. The molecule has 2 atom stereocenters. The van der Waals surface area contributed by atoms with Gasteiger partial charge in [-0.2, -0.15) is 0 Å². The summed E-state index contributed by atoms with van der Waals surface area (Å²) in [7, 11) is -3.79. The van der Waals surface area contributed by atoms with E-state index in [0.29, 0.717) is 12.1 Å². The highest BCUT2D eigenvalue weighted by atomic mass is 35.5. The summed E-state index contributed by atoms with van der Waals surface area (Å²) < 4.78 is 27.6. The van der Waals surface area contributed by atoms with Crippen LogP contribution in [0.25, 0.3) is 0 Å². The molecule has 1 aromatic carbocycles. The molecule has 0 amide bonds. The minimum Gasteiger partial charge on any atom is -0.330 e. The first-order valence-electron chi connectivity index (χ1n) is 7.32. The second kappa shape index (κ2) is 8.05. The number of halogens is 1. The molecule has 130 valence electrons. The number of hydrogen-bond acceptors (Lipinski definition) is 5. The van der Waals surface area contributed by atoms with Crippen LogP contribution < -0.4 is 10.5 Å². The van der Waals surface area contributed by atoms with Crippen molar-refractivity contribution in [2.24, 2.45) is 11.7 Å². The lowest BCUT2D eigenvalue weighted by Gasteiger charge is -2.31. The van der Waals surface area contributed by atoms with E-state index >= 15 is 0 Å². The summed E-state index contributed by atoms with van der Waals surface area (Å²) >= 11 is 0. The van der Waals surface area contributed by atoms with Gasteiger partial charge in [-0.15, -0.1) is 12.4 Å². The zero-order chi connectivity index (χ0) is 16.3. The summed E-state index contributed by atoms with van der Waals surface area (Å²) in [6, 6.07) is 3.75. The van der Waals surface area contributed by atoms with Crippen LogP contribution in [0.1, 0.15) is 31.2 Å². The SMILES string of the molecule is Cc1ccc(S(=O)(=O)NC2CCCCC2CN)cc1[N+](=O)[O-].Cl. The van der Waals surface area contributed by atoms with Crippen LogP contribution in [0.5, 0.6) is 0 Å². The number of nitrogens with zero attached hydrogens (tertiary/aromatic N) is 1. The third-order valence-corrected chi connectivity index (χ3v) is 5.69. The lowest BCUT2D eigenvalue weighted by molar-refractivity contribution is -0.385. The second-order valence-corrected chi connectivity index (χ2v) is 7.43. The van der Waals surface area contributed by atoms with Gasteiger partial charge in [0.2, 0.25) is 10.0 Å². The van der Waals surface area contributed by atoms with Crippen LogP contribution in [0, 0.1) is 23.0 Å². The molecule has 0 aromatic heterocycles. The average Bonchev–Trinajstić information content (AvgIpc) is 2.47. The molecule has 1 aliphatic rings. The number of hydrogen-bond donors (Lipinski definition) is 2. The average molecular weight is 364 g/mol. The molecule has 1 saturated carbocycles. The molecule has 0 spiro atoms. The summed E-state index contributed by atoms with van der Waals surface area (Å²) in [5.41, 5.74) is 5.95. The normalized spacial score (nSPS) is 21.5. The van der Waals surface area contributed by atoms with Gasteiger partial charge in [-0.05, 0) is 38.3 Å². The molecule has 9 heteroatoms. The predicted molar refractivity (Wildman–Crippen MR) is 90.2 cm³/mol. The maximum atomic E-state index is 12.5. The number of benzene rings is 1. The Kier molecular flexibility index (Phi) is 6.94. The number of nitro benzene ring substituents is 1. The van der Waals surface area contributed by atoms with E-state index in [9.17, 15) is 18.5 Å². The van der Waals surface area contributed by atoms with E-state index < -0.39 is 14.9 Å². The highest BCUT2D eigenvalue weighted by Gasteiger charge is 2.29. The van der Waals surface area contributed by atoms with E-state index in [4.69, 9.17) is 5.73 Å². The molecule has 0 heterocycles. The fourth-order valence-corrected chi connectivity index (χ4v) is 4.22. The van der Waals surface area contributed by atoms with Gasteiger partial charge in [0.25, 0.3) is 5.69 Å². The van der Waals surface area contributed by atoms with Gasteiger partial charge in [0.1, 0.15) is 0 Å². The number of nitro groups is 1. The van der Waals surface area contributed by atoms with Crippen LogP contribution in [0.15, 0.2) is 23.1 Å². The van der Waals surface area contributed by atoms with Crippen LogP contribution in [0.4, 0.5) is 5.69 Å². The Labute approximate surface area is 142 Å². The molecule has 3 N–H and O–H groups in total. The quantitative estimate of drug-likeness (QED) is 0.614. The molecule has 1 fully saturated rings. The van der Waals surface area contributed by atoms with Crippen molar-refractivity contribution in [3.05, 3.63) is 33.9 Å². The van der Waals surface area contributed by atoms with Crippen LogP contribution >= 0.6 is 12.4 Å². The first kappa shape index (κ1) is 19.8. The van der Waals surface area contributed by atoms with Crippen molar-refractivity contribution < 1.29 is 13.3 Å². The molecule has 0 aliphatic heterocycles. The van der Waals surface area contributed by atoms with Crippen molar-refractivity contribution in [3.8, 4) is 0 Å². The van der Waals surface area contributed by atoms with Gasteiger partial charge >= 0.3 is 0 Å². The van der Waals surface area contributed by atoms with E-state index in [1.807, 2.05) is 0 Å². The van der Waals surface area contributed by atoms with Crippen molar-refractivity contribution in [3.63, 3.8) is 0 Å². The number of sulfonamides is 1. The zero-order valence-electron chi connectivity index (χ0n) is 12.9. The largest absolute Gasteiger partial charge is 0.330 e. The van der Waals surface area contributed by atoms with E-state index in [1.165, 1.54) is 12.1 Å². The lowest BCUT2D eigenvalue weighted by Crippen LogP contribution is -2.44. The highest BCUT2D eigenvalue weighted by molar-refractivity contribution is 7.89. The van der Waals surface area contributed by atoms with Gasteiger partial charge in [0.05, 0.1) is 9.82 Å². The maximum Gasteiger partial charge on any atom is 0.273 e. The molecule has 2 rings (SSSR count). The van der Waals surface area contributed by atoms with Gasteiger partial charge in [-0.3, -0.25) is 10.1 Å². The molecule has 0 radical (unpaired) electrons. The maximum absolute atomic E-state index is 12.5.